The number of aryl methyl sites for hydroxylation is 1. The zero-order chi connectivity index (χ0) is 12.6. The van der Waals surface area contributed by atoms with Crippen LogP contribution in [0.15, 0.2) is 22.6 Å². The van der Waals surface area contributed by atoms with Gasteiger partial charge in [-0.2, -0.15) is 0 Å². The summed E-state index contributed by atoms with van der Waals surface area (Å²) in [6.07, 6.45) is 0. The summed E-state index contributed by atoms with van der Waals surface area (Å²) in [4.78, 5) is 0. The van der Waals surface area contributed by atoms with Gasteiger partial charge < -0.3 is 9.73 Å². The van der Waals surface area contributed by atoms with Gasteiger partial charge in [0, 0.05) is 10.9 Å². The van der Waals surface area contributed by atoms with Gasteiger partial charge >= 0.3 is 0 Å². The predicted molar refractivity (Wildman–Crippen MR) is 72.4 cm³/mol. The van der Waals surface area contributed by atoms with Crippen LogP contribution in [0.25, 0.3) is 11.0 Å². The molecule has 0 atom stereocenters. The van der Waals surface area contributed by atoms with Crippen molar-refractivity contribution in [1.82, 2.24) is 5.32 Å². The highest BCUT2D eigenvalue weighted by Crippen LogP contribution is 2.33. The van der Waals surface area contributed by atoms with Crippen molar-refractivity contribution in [2.24, 2.45) is 0 Å². The van der Waals surface area contributed by atoms with Crippen molar-refractivity contribution >= 4 is 11.0 Å². The van der Waals surface area contributed by atoms with Gasteiger partial charge in [-0.05, 0) is 31.0 Å². The van der Waals surface area contributed by atoms with Crippen LogP contribution >= 0.6 is 0 Å². The van der Waals surface area contributed by atoms with Gasteiger partial charge in [0.2, 0.25) is 0 Å². The van der Waals surface area contributed by atoms with E-state index >= 15 is 0 Å². The Morgan fingerprint density at radius 2 is 1.94 bits per heavy atom. The molecule has 0 saturated heterocycles. The van der Waals surface area contributed by atoms with Crippen LogP contribution in [0, 0.1) is 6.92 Å². The molecule has 0 fully saturated rings. The van der Waals surface area contributed by atoms with Crippen molar-refractivity contribution in [3.8, 4) is 0 Å². The summed E-state index contributed by atoms with van der Waals surface area (Å²) in [6.45, 7) is 9.57. The Bertz CT molecular complexity index is 532. The molecule has 2 aromatic rings. The number of nitrogens with one attached hydrogen (secondary N) is 1. The lowest BCUT2D eigenvalue weighted by Crippen LogP contribution is -2.11. The Kier molecular flexibility index (Phi) is 3.00. The average molecular weight is 231 g/mol. The third kappa shape index (κ3) is 2.22. The molecule has 0 bridgehead atoms. The Morgan fingerprint density at radius 3 is 2.53 bits per heavy atom. The largest absolute Gasteiger partial charge is 0.459 e. The summed E-state index contributed by atoms with van der Waals surface area (Å²) in [5, 5.41) is 4.37. The van der Waals surface area contributed by atoms with Crippen LogP contribution in [0.4, 0.5) is 0 Å². The third-order valence-electron chi connectivity index (χ3n) is 3.11. The Balaban J connectivity index is 2.67. The van der Waals surface area contributed by atoms with E-state index in [1.54, 1.807) is 0 Å². The fraction of sp³-hybridized carbons (Fsp3) is 0.467. The second-order valence-electron chi connectivity index (χ2n) is 5.67. The molecule has 0 aliphatic heterocycles. The van der Waals surface area contributed by atoms with E-state index in [9.17, 15) is 0 Å². The first kappa shape index (κ1) is 12.2. The maximum atomic E-state index is 5.98. The molecule has 0 unspecified atom stereocenters. The highest BCUT2D eigenvalue weighted by molar-refractivity contribution is 5.85. The molecule has 1 N–H and O–H groups in total. The molecule has 0 spiro atoms. The lowest BCUT2D eigenvalue weighted by atomic mass is 9.85. The fourth-order valence-corrected chi connectivity index (χ4v) is 2.16. The molecule has 0 aliphatic rings. The van der Waals surface area contributed by atoms with Crippen LogP contribution < -0.4 is 5.32 Å². The van der Waals surface area contributed by atoms with Crippen LogP contribution in [0.5, 0.6) is 0 Å². The number of benzene rings is 1. The normalized spacial score (nSPS) is 12.3. The summed E-state index contributed by atoms with van der Waals surface area (Å²) in [5.74, 6) is 1.00. The van der Waals surface area contributed by atoms with Crippen molar-refractivity contribution in [3.63, 3.8) is 0 Å². The smallest absolute Gasteiger partial charge is 0.138 e. The maximum Gasteiger partial charge on any atom is 0.138 e. The van der Waals surface area contributed by atoms with Crippen LogP contribution in [0.3, 0.4) is 0 Å². The predicted octanol–water partition coefficient (Wildman–Crippen LogP) is 3.76. The van der Waals surface area contributed by atoms with Crippen LogP contribution in [0.2, 0.25) is 0 Å². The first-order valence-corrected chi connectivity index (χ1v) is 6.10. The molecular formula is C15H21NO. The fourth-order valence-electron chi connectivity index (χ4n) is 2.16. The molecule has 0 saturated carbocycles. The lowest BCUT2D eigenvalue weighted by molar-refractivity contribution is 0.512. The van der Waals surface area contributed by atoms with Gasteiger partial charge in [-0.25, -0.2) is 0 Å². The summed E-state index contributed by atoms with van der Waals surface area (Å²) >= 11 is 0. The van der Waals surface area contributed by atoms with Crippen molar-refractivity contribution in [1.29, 1.82) is 0 Å². The molecule has 0 aliphatic carbocycles. The van der Waals surface area contributed by atoms with Gasteiger partial charge in [-0.3, -0.25) is 0 Å². The Labute approximate surface area is 103 Å². The molecule has 92 valence electrons. The van der Waals surface area contributed by atoms with Crippen molar-refractivity contribution in [3.05, 3.63) is 35.1 Å². The summed E-state index contributed by atoms with van der Waals surface area (Å²) in [7, 11) is 1.94. The number of furan rings is 1. The monoisotopic (exact) mass is 231 g/mol. The highest BCUT2D eigenvalue weighted by Gasteiger charge is 2.20. The second kappa shape index (κ2) is 4.19. The van der Waals surface area contributed by atoms with Crippen molar-refractivity contribution in [2.75, 3.05) is 7.05 Å². The quantitative estimate of drug-likeness (QED) is 0.851. The molecule has 0 amide bonds. The number of fused-ring (bicyclic) bond motifs is 1. The van der Waals surface area contributed by atoms with E-state index in [0.29, 0.717) is 0 Å². The molecule has 1 aromatic carbocycles. The molecule has 1 aromatic heterocycles. The van der Waals surface area contributed by atoms with E-state index in [2.05, 4.69) is 51.2 Å². The maximum absolute atomic E-state index is 5.98. The topological polar surface area (TPSA) is 25.2 Å². The average Bonchev–Trinajstić information content (AvgIpc) is 2.61. The molecule has 2 nitrogen and oxygen atoms in total. The SMILES string of the molecule is CNCc1cc2c(C)ccc(C(C)(C)C)c2o1. The van der Waals surface area contributed by atoms with E-state index < -0.39 is 0 Å². The molecule has 1 heterocycles. The molecule has 2 rings (SSSR count). The van der Waals surface area contributed by atoms with E-state index in [1.165, 1.54) is 16.5 Å². The lowest BCUT2D eigenvalue weighted by Gasteiger charge is -2.19. The number of rotatable bonds is 2. The molecular weight excluding hydrogens is 210 g/mol. The first-order valence-electron chi connectivity index (χ1n) is 6.10. The molecule has 2 heteroatoms. The number of hydrogen-bond donors (Lipinski definition) is 1. The summed E-state index contributed by atoms with van der Waals surface area (Å²) in [5.41, 5.74) is 3.71. The third-order valence-corrected chi connectivity index (χ3v) is 3.11. The summed E-state index contributed by atoms with van der Waals surface area (Å²) in [6, 6.07) is 6.52. The second-order valence-corrected chi connectivity index (χ2v) is 5.67. The minimum absolute atomic E-state index is 0.112. The Hall–Kier alpha value is -1.28. The zero-order valence-corrected chi connectivity index (χ0v) is 11.3. The van der Waals surface area contributed by atoms with Crippen LogP contribution in [0.1, 0.15) is 37.7 Å². The van der Waals surface area contributed by atoms with E-state index in [4.69, 9.17) is 4.42 Å². The standard InChI is InChI=1S/C15H21NO/c1-10-6-7-13(15(2,3)4)14-12(10)8-11(17-14)9-16-5/h6-8,16H,9H2,1-5H3. The minimum atomic E-state index is 0.112. The van der Waals surface area contributed by atoms with Crippen molar-refractivity contribution in [2.45, 2.75) is 39.7 Å². The molecule has 0 radical (unpaired) electrons. The minimum Gasteiger partial charge on any atom is -0.459 e. The van der Waals surface area contributed by atoms with Gasteiger partial charge in [-0.1, -0.05) is 32.9 Å². The van der Waals surface area contributed by atoms with Crippen LogP contribution in [-0.2, 0) is 12.0 Å². The van der Waals surface area contributed by atoms with Gasteiger partial charge in [0.1, 0.15) is 11.3 Å². The van der Waals surface area contributed by atoms with Gasteiger partial charge in [0.25, 0.3) is 0 Å². The summed E-state index contributed by atoms with van der Waals surface area (Å²) < 4.78 is 5.98. The van der Waals surface area contributed by atoms with Gasteiger partial charge in [0.15, 0.2) is 0 Å². The number of hydrogen-bond acceptors (Lipinski definition) is 2. The van der Waals surface area contributed by atoms with E-state index in [0.717, 1.165) is 17.9 Å². The van der Waals surface area contributed by atoms with E-state index in [1.807, 2.05) is 7.05 Å². The van der Waals surface area contributed by atoms with Gasteiger partial charge in [-0.15, -0.1) is 0 Å². The highest BCUT2D eigenvalue weighted by atomic mass is 16.3. The molecule has 17 heavy (non-hydrogen) atoms. The van der Waals surface area contributed by atoms with Crippen LogP contribution in [-0.4, -0.2) is 7.05 Å². The Morgan fingerprint density at radius 1 is 1.24 bits per heavy atom. The van der Waals surface area contributed by atoms with E-state index in [-0.39, 0.29) is 5.41 Å². The van der Waals surface area contributed by atoms with Crippen molar-refractivity contribution < 1.29 is 4.42 Å². The first-order chi connectivity index (χ1) is 7.93. The zero-order valence-electron chi connectivity index (χ0n) is 11.3. The van der Waals surface area contributed by atoms with Gasteiger partial charge in [0.05, 0.1) is 6.54 Å².